The summed E-state index contributed by atoms with van der Waals surface area (Å²) in [5.74, 6) is -0.724. The van der Waals surface area contributed by atoms with Gasteiger partial charge < -0.3 is 15.4 Å². The zero-order valence-corrected chi connectivity index (χ0v) is 15.3. The SMILES string of the molecule is CNC(=O)COC(=O)[C@H](CCSC)NC(=O)c1ccccc1Br. The van der Waals surface area contributed by atoms with Crippen LogP contribution in [0.3, 0.4) is 0 Å². The number of halogens is 1. The van der Waals surface area contributed by atoms with Gasteiger partial charge in [-0.05, 0) is 46.5 Å². The van der Waals surface area contributed by atoms with Gasteiger partial charge >= 0.3 is 5.97 Å². The molecule has 0 spiro atoms. The second-order valence-corrected chi connectivity index (χ2v) is 6.41. The molecule has 6 nitrogen and oxygen atoms in total. The highest BCUT2D eigenvalue weighted by Gasteiger charge is 2.23. The Morgan fingerprint density at radius 2 is 2.00 bits per heavy atom. The molecule has 0 fully saturated rings. The van der Waals surface area contributed by atoms with E-state index in [-0.39, 0.29) is 12.5 Å². The van der Waals surface area contributed by atoms with E-state index in [1.165, 1.54) is 7.05 Å². The number of nitrogens with one attached hydrogen (secondary N) is 2. The van der Waals surface area contributed by atoms with Gasteiger partial charge in [-0.1, -0.05) is 12.1 Å². The van der Waals surface area contributed by atoms with Crippen LogP contribution in [0.1, 0.15) is 16.8 Å². The van der Waals surface area contributed by atoms with Gasteiger partial charge in [0.05, 0.1) is 5.56 Å². The first-order valence-electron chi connectivity index (χ1n) is 6.91. The molecule has 0 saturated heterocycles. The Hall–Kier alpha value is -1.54. The maximum Gasteiger partial charge on any atom is 0.329 e. The third-order valence-electron chi connectivity index (χ3n) is 2.94. The predicted molar refractivity (Wildman–Crippen MR) is 93.4 cm³/mol. The Morgan fingerprint density at radius 3 is 2.61 bits per heavy atom. The van der Waals surface area contributed by atoms with E-state index in [9.17, 15) is 14.4 Å². The monoisotopic (exact) mass is 402 g/mol. The highest BCUT2D eigenvalue weighted by atomic mass is 79.9. The van der Waals surface area contributed by atoms with Crippen molar-refractivity contribution in [2.75, 3.05) is 25.7 Å². The lowest BCUT2D eigenvalue weighted by atomic mass is 10.1. The summed E-state index contributed by atoms with van der Waals surface area (Å²) in [5, 5.41) is 5.02. The van der Waals surface area contributed by atoms with Gasteiger partial charge in [-0.25, -0.2) is 4.79 Å². The molecule has 0 aliphatic heterocycles. The van der Waals surface area contributed by atoms with E-state index < -0.39 is 17.9 Å². The van der Waals surface area contributed by atoms with Crippen LogP contribution in [0.4, 0.5) is 0 Å². The number of carbonyl (C=O) groups excluding carboxylic acids is 3. The van der Waals surface area contributed by atoms with Gasteiger partial charge in [0.2, 0.25) is 0 Å². The number of carbonyl (C=O) groups is 3. The number of benzene rings is 1. The molecule has 1 aromatic rings. The fourth-order valence-electron chi connectivity index (χ4n) is 1.68. The molecule has 0 aliphatic rings. The van der Waals surface area contributed by atoms with Crippen LogP contribution in [-0.2, 0) is 14.3 Å². The summed E-state index contributed by atoms with van der Waals surface area (Å²) < 4.78 is 5.57. The molecular weight excluding hydrogens is 384 g/mol. The summed E-state index contributed by atoms with van der Waals surface area (Å²) in [4.78, 5) is 35.5. The number of likely N-dealkylation sites (N-methyl/N-ethyl adjacent to an activating group) is 1. The van der Waals surface area contributed by atoms with Crippen molar-refractivity contribution in [1.29, 1.82) is 0 Å². The summed E-state index contributed by atoms with van der Waals surface area (Å²) in [7, 11) is 1.45. The maximum atomic E-state index is 12.3. The number of rotatable bonds is 8. The molecule has 126 valence electrons. The Balaban J connectivity index is 2.73. The zero-order chi connectivity index (χ0) is 17.2. The average molecular weight is 403 g/mol. The third-order valence-corrected chi connectivity index (χ3v) is 4.28. The first-order valence-corrected chi connectivity index (χ1v) is 9.09. The van der Waals surface area contributed by atoms with E-state index in [0.29, 0.717) is 22.2 Å². The normalized spacial score (nSPS) is 11.4. The van der Waals surface area contributed by atoms with Gasteiger partial charge in [-0.2, -0.15) is 11.8 Å². The molecule has 8 heteroatoms. The van der Waals surface area contributed by atoms with Crippen molar-refractivity contribution in [3.05, 3.63) is 34.3 Å². The molecule has 1 atom stereocenters. The molecule has 2 amide bonds. The number of thioether (sulfide) groups is 1. The van der Waals surface area contributed by atoms with Crippen LogP contribution in [0.15, 0.2) is 28.7 Å². The van der Waals surface area contributed by atoms with Gasteiger partial charge in [-0.3, -0.25) is 9.59 Å². The van der Waals surface area contributed by atoms with Crippen LogP contribution in [0.2, 0.25) is 0 Å². The fraction of sp³-hybridized carbons (Fsp3) is 0.400. The van der Waals surface area contributed by atoms with Crippen molar-refractivity contribution in [2.24, 2.45) is 0 Å². The predicted octanol–water partition coefficient (Wildman–Crippen LogP) is 1.59. The van der Waals surface area contributed by atoms with Crippen molar-refractivity contribution in [3.8, 4) is 0 Å². The number of ether oxygens (including phenoxy) is 1. The van der Waals surface area contributed by atoms with Crippen LogP contribution in [0.5, 0.6) is 0 Å². The molecule has 2 N–H and O–H groups in total. The van der Waals surface area contributed by atoms with Crippen molar-refractivity contribution in [2.45, 2.75) is 12.5 Å². The zero-order valence-electron chi connectivity index (χ0n) is 12.9. The highest BCUT2D eigenvalue weighted by molar-refractivity contribution is 9.10. The summed E-state index contributed by atoms with van der Waals surface area (Å²) in [6.45, 7) is -0.365. The summed E-state index contributed by atoms with van der Waals surface area (Å²) in [5.41, 5.74) is 0.431. The van der Waals surface area contributed by atoms with Crippen LogP contribution in [0, 0.1) is 0 Å². The van der Waals surface area contributed by atoms with E-state index >= 15 is 0 Å². The molecule has 1 aromatic carbocycles. The fourth-order valence-corrected chi connectivity index (χ4v) is 2.61. The van der Waals surface area contributed by atoms with Crippen molar-refractivity contribution >= 4 is 45.5 Å². The standard InChI is InChI=1S/C15H19BrN2O4S/c1-17-13(19)9-22-15(21)12(7-8-23-2)18-14(20)10-5-3-4-6-11(10)16/h3-6,12H,7-9H2,1-2H3,(H,17,19)(H,18,20)/t12-/m0/s1. The molecule has 0 saturated carbocycles. The molecular formula is C15H19BrN2O4S. The lowest BCUT2D eigenvalue weighted by molar-refractivity contribution is -0.150. The van der Waals surface area contributed by atoms with Gasteiger partial charge in [0.1, 0.15) is 6.04 Å². The minimum Gasteiger partial charge on any atom is -0.454 e. The molecule has 23 heavy (non-hydrogen) atoms. The lowest BCUT2D eigenvalue weighted by Crippen LogP contribution is -2.43. The summed E-state index contributed by atoms with van der Waals surface area (Å²) >= 11 is 4.86. The molecule has 0 radical (unpaired) electrons. The first-order chi connectivity index (χ1) is 11.0. The van der Waals surface area contributed by atoms with Crippen LogP contribution < -0.4 is 10.6 Å². The minimum absolute atomic E-state index is 0.365. The van der Waals surface area contributed by atoms with Gasteiger partial charge in [-0.15, -0.1) is 0 Å². The van der Waals surface area contributed by atoms with E-state index in [1.807, 2.05) is 6.26 Å². The molecule has 0 unspecified atom stereocenters. The van der Waals surface area contributed by atoms with Crippen LogP contribution in [0.25, 0.3) is 0 Å². The Kier molecular flexibility index (Phi) is 8.71. The maximum absolute atomic E-state index is 12.3. The molecule has 0 aromatic heterocycles. The van der Waals surface area contributed by atoms with Crippen molar-refractivity contribution in [3.63, 3.8) is 0 Å². The lowest BCUT2D eigenvalue weighted by Gasteiger charge is -2.17. The number of hydrogen-bond acceptors (Lipinski definition) is 5. The topological polar surface area (TPSA) is 84.5 Å². The highest BCUT2D eigenvalue weighted by Crippen LogP contribution is 2.16. The number of hydrogen-bond donors (Lipinski definition) is 2. The van der Waals surface area contributed by atoms with Gasteiger partial charge in [0.15, 0.2) is 6.61 Å². The van der Waals surface area contributed by atoms with E-state index in [4.69, 9.17) is 4.74 Å². The Labute approximate surface area is 147 Å². The first kappa shape index (κ1) is 19.5. The average Bonchev–Trinajstić information content (AvgIpc) is 2.56. The molecule has 0 aliphatic carbocycles. The second kappa shape index (κ2) is 10.3. The Morgan fingerprint density at radius 1 is 1.30 bits per heavy atom. The summed E-state index contributed by atoms with van der Waals surface area (Å²) in [6, 6.07) is 6.13. The molecule has 0 bridgehead atoms. The molecule has 0 heterocycles. The van der Waals surface area contributed by atoms with Crippen LogP contribution in [-0.4, -0.2) is 49.5 Å². The van der Waals surface area contributed by atoms with Gasteiger partial charge in [0.25, 0.3) is 11.8 Å². The number of amides is 2. The molecule has 1 rings (SSSR count). The van der Waals surface area contributed by atoms with E-state index in [0.717, 1.165) is 0 Å². The van der Waals surface area contributed by atoms with E-state index in [1.54, 1.807) is 36.0 Å². The Bertz CT molecular complexity index is 568. The van der Waals surface area contributed by atoms with Crippen molar-refractivity contribution < 1.29 is 19.1 Å². The van der Waals surface area contributed by atoms with Crippen molar-refractivity contribution in [1.82, 2.24) is 10.6 Å². The second-order valence-electron chi connectivity index (χ2n) is 4.57. The summed E-state index contributed by atoms with van der Waals surface area (Å²) in [6.07, 6.45) is 2.33. The smallest absolute Gasteiger partial charge is 0.329 e. The number of esters is 1. The van der Waals surface area contributed by atoms with Gasteiger partial charge in [0, 0.05) is 11.5 Å². The largest absolute Gasteiger partial charge is 0.454 e. The third kappa shape index (κ3) is 6.62. The minimum atomic E-state index is -0.799. The van der Waals surface area contributed by atoms with Crippen LogP contribution >= 0.6 is 27.7 Å². The quantitative estimate of drug-likeness (QED) is 0.644. The van der Waals surface area contributed by atoms with E-state index in [2.05, 4.69) is 26.6 Å².